The average molecular weight is 419 g/mol. The number of amides is 1. The number of benzene rings is 2. The molecular weight excluding hydrogens is 391 g/mol. The number of halogens is 3. The predicted octanol–water partition coefficient (Wildman–Crippen LogP) is 5.76. The van der Waals surface area contributed by atoms with Crippen molar-refractivity contribution in [2.24, 2.45) is 5.73 Å². The molecule has 3 nitrogen and oxygen atoms in total. The second-order valence-corrected chi connectivity index (χ2v) is 7.90. The van der Waals surface area contributed by atoms with Crippen molar-refractivity contribution in [1.29, 1.82) is 0 Å². The maximum absolute atomic E-state index is 13.1. The van der Waals surface area contributed by atoms with Crippen molar-refractivity contribution in [3.8, 4) is 0 Å². The molecule has 1 heterocycles. The topological polar surface area (TPSA) is 55.6 Å². The van der Waals surface area contributed by atoms with Gasteiger partial charge in [-0.05, 0) is 54.5 Å². The minimum Gasteiger partial charge on any atom is -0.367 e. The van der Waals surface area contributed by atoms with Gasteiger partial charge in [0.1, 0.15) is 6.10 Å². The summed E-state index contributed by atoms with van der Waals surface area (Å²) in [5.41, 5.74) is 7.12. The Bertz CT molecular complexity index is 836. The Morgan fingerprint density at radius 1 is 0.900 bits per heavy atom. The highest BCUT2D eigenvalue weighted by Crippen LogP contribution is 2.42. The number of hydrogen-bond donors (Lipinski definition) is 1. The summed E-state index contributed by atoms with van der Waals surface area (Å²) in [5.74, 6) is -0.640. The number of ether oxygens (including phenoxy) is 1. The summed E-state index contributed by atoms with van der Waals surface area (Å²) < 4.78 is 44.4. The van der Waals surface area contributed by atoms with Gasteiger partial charge < -0.3 is 10.5 Å². The van der Waals surface area contributed by atoms with Crippen LogP contribution in [-0.2, 0) is 28.5 Å². The van der Waals surface area contributed by atoms with Crippen LogP contribution in [0.25, 0.3) is 0 Å². The van der Waals surface area contributed by atoms with Crippen molar-refractivity contribution < 1.29 is 22.7 Å². The summed E-state index contributed by atoms with van der Waals surface area (Å²) >= 11 is 0. The van der Waals surface area contributed by atoms with Crippen LogP contribution in [0.2, 0.25) is 0 Å². The lowest BCUT2D eigenvalue weighted by Gasteiger charge is -2.12. The van der Waals surface area contributed by atoms with Gasteiger partial charge >= 0.3 is 6.18 Å². The SMILES string of the molecule is NC(=O)[C@@H]1O[C@H]1c1cc(C(F)(F)F)ccc1CCCCCCCCc1ccccc1. The predicted molar refractivity (Wildman–Crippen MR) is 110 cm³/mol. The van der Waals surface area contributed by atoms with Crippen molar-refractivity contribution >= 4 is 5.91 Å². The Morgan fingerprint density at radius 3 is 2.13 bits per heavy atom. The van der Waals surface area contributed by atoms with Crippen LogP contribution >= 0.6 is 0 Å². The van der Waals surface area contributed by atoms with Crippen LogP contribution in [0.3, 0.4) is 0 Å². The monoisotopic (exact) mass is 419 g/mol. The second kappa shape index (κ2) is 10.1. The molecule has 2 aromatic carbocycles. The molecule has 3 rings (SSSR count). The highest BCUT2D eigenvalue weighted by Gasteiger charge is 2.46. The molecule has 0 bridgehead atoms. The number of epoxide rings is 1. The number of alkyl halides is 3. The quantitative estimate of drug-likeness (QED) is 0.372. The third-order valence-electron chi connectivity index (χ3n) is 5.56. The van der Waals surface area contributed by atoms with E-state index in [9.17, 15) is 18.0 Å². The zero-order valence-corrected chi connectivity index (χ0v) is 17.0. The van der Waals surface area contributed by atoms with Crippen LogP contribution in [0.15, 0.2) is 48.5 Å². The number of carbonyl (C=O) groups excluding carboxylic acids is 1. The van der Waals surface area contributed by atoms with Crippen LogP contribution in [-0.4, -0.2) is 12.0 Å². The molecule has 1 amide bonds. The average Bonchev–Trinajstić information content (AvgIpc) is 3.51. The van der Waals surface area contributed by atoms with E-state index in [1.165, 1.54) is 24.5 Å². The lowest BCUT2D eigenvalue weighted by Crippen LogP contribution is -2.18. The van der Waals surface area contributed by atoms with Crippen LogP contribution < -0.4 is 5.73 Å². The molecular formula is C24H28F3NO2. The molecule has 1 fully saturated rings. The van der Waals surface area contributed by atoms with Crippen LogP contribution in [0, 0.1) is 0 Å². The third kappa shape index (κ3) is 6.33. The fourth-order valence-corrected chi connectivity index (χ4v) is 3.83. The molecule has 2 N–H and O–H groups in total. The van der Waals surface area contributed by atoms with Crippen molar-refractivity contribution in [1.82, 2.24) is 0 Å². The summed E-state index contributed by atoms with van der Waals surface area (Å²) in [4.78, 5) is 11.3. The van der Waals surface area contributed by atoms with Crippen molar-refractivity contribution in [2.75, 3.05) is 0 Å². The minimum atomic E-state index is -4.43. The molecule has 0 unspecified atom stereocenters. The summed E-state index contributed by atoms with van der Waals surface area (Å²) in [6, 6.07) is 14.2. The van der Waals surface area contributed by atoms with Gasteiger partial charge in [-0.15, -0.1) is 0 Å². The molecule has 30 heavy (non-hydrogen) atoms. The first-order chi connectivity index (χ1) is 14.4. The van der Waals surface area contributed by atoms with E-state index >= 15 is 0 Å². The molecule has 162 valence electrons. The van der Waals surface area contributed by atoms with Crippen LogP contribution in [0.5, 0.6) is 0 Å². The first-order valence-electron chi connectivity index (χ1n) is 10.5. The lowest BCUT2D eigenvalue weighted by atomic mass is 9.95. The summed E-state index contributed by atoms with van der Waals surface area (Å²) in [6.07, 6.45) is 2.38. The largest absolute Gasteiger partial charge is 0.416 e. The van der Waals surface area contributed by atoms with Crippen molar-refractivity contribution in [3.63, 3.8) is 0 Å². The summed E-state index contributed by atoms with van der Waals surface area (Å²) in [6.45, 7) is 0. The fourth-order valence-electron chi connectivity index (χ4n) is 3.83. The number of unbranched alkanes of at least 4 members (excludes halogenated alkanes) is 5. The van der Waals surface area contributed by atoms with Gasteiger partial charge in [0, 0.05) is 0 Å². The van der Waals surface area contributed by atoms with Crippen molar-refractivity contribution in [2.45, 2.75) is 69.8 Å². The van der Waals surface area contributed by atoms with Crippen LogP contribution in [0.1, 0.15) is 66.9 Å². The molecule has 0 saturated carbocycles. The minimum absolute atomic E-state index is 0.441. The molecule has 0 aromatic heterocycles. The maximum Gasteiger partial charge on any atom is 0.416 e. The summed E-state index contributed by atoms with van der Waals surface area (Å²) in [5, 5.41) is 0. The van der Waals surface area contributed by atoms with Crippen molar-refractivity contribution in [3.05, 3.63) is 70.8 Å². The number of nitrogens with two attached hydrogens (primary N) is 1. The molecule has 0 aliphatic carbocycles. The second-order valence-electron chi connectivity index (χ2n) is 7.90. The van der Waals surface area contributed by atoms with Crippen LogP contribution in [0.4, 0.5) is 13.2 Å². The van der Waals surface area contributed by atoms with Gasteiger partial charge in [0.2, 0.25) is 5.91 Å². The number of hydrogen-bond acceptors (Lipinski definition) is 2. The molecule has 2 aromatic rings. The van der Waals surface area contributed by atoms with E-state index in [0.717, 1.165) is 49.8 Å². The van der Waals surface area contributed by atoms with E-state index in [1.807, 2.05) is 6.07 Å². The Hall–Kier alpha value is -2.34. The molecule has 0 spiro atoms. The Morgan fingerprint density at radius 2 is 1.53 bits per heavy atom. The maximum atomic E-state index is 13.1. The molecule has 1 saturated heterocycles. The first-order valence-corrected chi connectivity index (χ1v) is 10.5. The normalized spacial score (nSPS) is 18.4. The fraction of sp³-hybridized carbons (Fsp3) is 0.458. The van der Waals surface area contributed by atoms with E-state index in [-0.39, 0.29) is 0 Å². The zero-order valence-electron chi connectivity index (χ0n) is 17.0. The Kier molecular flexibility index (Phi) is 7.53. The van der Waals surface area contributed by atoms with E-state index < -0.39 is 29.9 Å². The van der Waals surface area contributed by atoms with Gasteiger partial charge in [0.25, 0.3) is 0 Å². The molecule has 1 aliphatic rings. The molecule has 0 radical (unpaired) electrons. The van der Waals surface area contributed by atoms with E-state index in [2.05, 4.69) is 24.3 Å². The molecule has 2 atom stereocenters. The standard InChI is InChI=1S/C24H28F3NO2/c25-24(26,27)19-15-14-18(20(16-19)21-22(30-21)23(28)29)13-9-4-2-1-3-6-10-17-11-7-5-8-12-17/h5,7-8,11-12,14-16,21-22H,1-4,6,9-10,13H2,(H2,28,29)/t21-,22+/m0/s1. The highest BCUT2D eigenvalue weighted by atomic mass is 19.4. The number of aryl methyl sites for hydroxylation is 2. The zero-order chi connectivity index (χ0) is 21.6. The van der Waals surface area contributed by atoms with E-state index in [0.29, 0.717) is 12.0 Å². The van der Waals surface area contributed by atoms with E-state index in [1.54, 1.807) is 0 Å². The number of carbonyl (C=O) groups is 1. The van der Waals surface area contributed by atoms with Gasteiger partial charge in [-0.1, -0.05) is 62.1 Å². The van der Waals surface area contributed by atoms with Gasteiger partial charge in [-0.2, -0.15) is 13.2 Å². The molecule has 1 aliphatic heterocycles. The third-order valence-corrected chi connectivity index (χ3v) is 5.56. The van der Waals surface area contributed by atoms with Gasteiger partial charge in [-0.25, -0.2) is 0 Å². The van der Waals surface area contributed by atoms with E-state index in [4.69, 9.17) is 10.5 Å². The summed E-state index contributed by atoms with van der Waals surface area (Å²) in [7, 11) is 0. The van der Waals surface area contributed by atoms with Gasteiger partial charge in [0.05, 0.1) is 5.56 Å². The highest BCUT2D eigenvalue weighted by molar-refractivity contribution is 5.82. The van der Waals surface area contributed by atoms with Gasteiger partial charge in [0.15, 0.2) is 6.10 Å². The lowest BCUT2D eigenvalue weighted by molar-refractivity contribution is -0.137. The number of rotatable bonds is 11. The Balaban J connectivity index is 1.44. The first kappa shape index (κ1) is 22.3. The molecule has 6 heteroatoms. The number of primary amides is 1. The Labute approximate surface area is 175 Å². The smallest absolute Gasteiger partial charge is 0.367 e. The van der Waals surface area contributed by atoms with Gasteiger partial charge in [-0.3, -0.25) is 4.79 Å².